The fourth-order valence-corrected chi connectivity index (χ4v) is 2.61. The lowest BCUT2D eigenvalue weighted by Gasteiger charge is -2.27. The van der Waals surface area contributed by atoms with Crippen LogP contribution in [0.1, 0.15) is 12.0 Å². The van der Waals surface area contributed by atoms with E-state index in [1.165, 1.54) is 0 Å². The van der Waals surface area contributed by atoms with Crippen LogP contribution in [-0.2, 0) is 15.8 Å². The van der Waals surface area contributed by atoms with Gasteiger partial charge in [-0.3, -0.25) is 0 Å². The van der Waals surface area contributed by atoms with Crippen LogP contribution >= 0.6 is 7.60 Å². The molecule has 0 saturated heterocycles. The molecular weight excluding hydrogens is 257 g/mol. The minimum Gasteiger partial charge on any atom is -0.778 e. The van der Waals surface area contributed by atoms with Gasteiger partial charge in [0, 0.05) is 12.1 Å². The van der Waals surface area contributed by atoms with Crippen molar-refractivity contribution in [3.63, 3.8) is 0 Å². The molecule has 18 heavy (non-hydrogen) atoms. The van der Waals surface area contributed by atoms with Crippen LogP contribution in [0.4, 0.5) is 0 Å². The Kier molecular flexibility index (Phi) is 5.04. The van der Waals surface area contributed by atoms with E-state index in [0.717, 1.165) is 5.56 Å². The van der Waals surface area contributed by atoms with E-state index >= 15 is 0 Å². The van der Waals surface area contributed by atoms with Gasteiger partial charge in [-0.05, 0) is 12.0 Å². The summed E-state index contributed by atoms with van der Waals surface area (Å²) < 4.78 is 11.3. The Balaban J connectivity index is 2.81. The topological polar surface area (TPSA) is 125 Å². The van der Waals surface area contributed by atoms with Crippen LogP contribution in [0.2, 0.25) is 0 Å². The molecule has 0 aliphatic rings. The largest absolute Gasteiger partial charge is 0.778 e. The van der Waals surface area contributed by atoms with Crippen LogP contribution in [-0.4, -0.2) is 27.7 Å². The number of carbonyl (C=O) groups is 1. The average Bonchev–Trinajstić information content (AvgIpc) is 2.28. The zero-order valence-electron chi connectivity index (χ0n) is 9.73. The van der Waals surface area contributed by atoms with E-state index in [9.17, 15) is 14.3 Å². The third-order valence-corrected chi connectivity index (χ3v) is 4.00. The molecule has 1 aromatic carbocycles. The SMILES string of the molecule is [NH3+][C@@H](C[C@H](Cc1ccccc1)P(=O)([O-])O)C(=O)O. The molecular formula is C11H16NO5P. The summed E-state index contributed by atoms with van der Waals surface area (Å²) in [5, 5.41) is 8.73. The van der Waals surface area contributed by atoms with Gasteiger partial charge in [-0.2, -0.15) is 0 Å². The third kappa shape index (κ3) is 4.58. The number of hydrogen-bond donors (Lipinski definition) is 3. The van der Waals surface area contributed by atoms with Crippen LogP contribution in [0, 0.1) is 0 Å². The van der Waals surface area contributed by atoms with Gasteiger partial charge in [-0.1, -0.05) is 30.3 Å². The van der Waals surface area contributed by atoms with E-state index in [4.69, 9.17) is 10.00 Å². The number of aliphatic carboxylic acids is 1. The van der Waals surface area contributed by atoms with Gasteiger partial charge >= 0.3 is 5.97 Å². The second kappa shape index (κ2) is 6.11. The molecule has 0 aromatic heterocycles. The molecule has 0 saturated carbocycles. The minimum atomic E-state index is -4.59. The second-order valence-electron chi connectivity index (χ2n) is 4.18. The molecule has 1 rings (SSSR count). The molecule has 1 aromatic rings. The van der Waals surface area contributed by atoms with E-state index < -0.39 is 25.3 Å². The van der Waals surface area contributed by atoms with Crippen molar-refractivity contribution in [2.45, 2.75) is 24.5 Å². The smallest absolute Gasteiger partial charge is 0.362 e. The Morgan fingerprint density at radius 1 is 1.39 bits per heavy atom. The van der Waals surface area contributed by atoms with Gasteiger partial charge < -0.3 is 25.2 Å². The number of carboxylic acid groups (broad SMARTS) is 1. The van der Waals surface area contributed by atoms with Gasteiger partial charge in [0.25, 0.3) is 0 Å². The Labute approximate surface area is 105 Å². The van der Waals surface area contributed by atoms with E-state index in [1.54, 1.807) is 30.3 Å². The molecule has 7 heteroatoms. The predicted molar refractivity (Wildman–Crippen MR) is 62.7 cm³/mol. The van der Waals surface area contributed by atoms with Gasteiger partial charge in [0.05, 0.1) is 0 Å². The first-order valence-electron chi connectivity index (χ1n) is 5.44. The van der Waals surface area contributed by atoms with Crippen LogP contribution in [0.25, 0.3) is 0 Å². The average molecular weight is 273 g/mol. The fraction of sp³-hybridized carbons (Fsp3) is 0.364. The monoisotopic (exact) mass is 273 g/mol. The van der Waals surface area contributed by atoms with Gasteiger partial charge in [0.1, 0.15) is 7.60 Å². The lowest BCUT2D eigenvalue weighted by molar-refractivity contribution is -0.409. The molecule has 100 valence electrons. The summed E-state index contributed by atoms with van der Waals surface area (Å²) in [7, 11) is -4.59. The predicted octanol–water partition coefficient (Wildman–Crippen LogP) is -0.771. The highest BCUT2D eigenvalue weighted by Gasteiger charge is 2.28. The summed E-state index contributed by atoms with van der Waals surface area (Å²) >= 11 is 0. The molecule has 0 radical (unpaired) electrons. The van der Waals surface area contributed by atoms with Gasteiger partial charge in [-0.15, -0.1) is 0 Å². The second-order valence-corrected chi connectivity index (χ2v) is 6.04. The molecule has 0 amide bonds. The lowest BCUT2D eigenvalue weighted by Crippen LogP contribution is -2.66. The molecule has 5 N–H and O–H groups in total. The van der Waals surface area contributed by atoms with Crippen molar-refractivity contribution in [2.75, 3.05) is 0 Å². The lowest BCUT2D eigenvalue weighted by atomic mass is 10.0. The number of rotatable bonds is 6. The number of hydrogen-bond acceptors (Lipinski definition) is 3. The molecule has 3 atom stereocenters. The summed E-state index contributed by atoms with van der Waals surface area (Å²) in [6.45, 7) is 0. The Morgan fingerprint density at radius 2 is 1.94 bits per heavy atom. The van der Waals surface area contributed by atoms with Gasteiger partial charge in [0.2, 0.25) is 0 Å². The highest BCUT2D eigenvalue weighted by molar-refractivity contribution is 7.51. The van der Waals surface area contributed by atoms with Crippen molar-refractivity contribution in [2.24, 2.45) is 0 Å². The maximum Gasteiger partial charge on any atom is 0.362 e. The Morgan fingerprint density at radius 3 is 2.39 bits per heavy atom. The van der Waals surface area contributed by atoms with Crippen molar-refractivity contribution in [3.8, 4) is 0 Å². The highest BCUT2D eigenvalue weighted by atomic mass is 31.2. The summed E-state index contributed by atoms with van der Waals surface area (Å²) in [5.41, 5.74) is 2.96. The molecule has 0 aliphatic heterocycles. The molecule has 0 heterocycles. The van der Waals surface area contributed by atoms with E-state index in [-0.39, 0.29) is 12.8 Å². The number of benzene rings is 1. The van der Waals surface area contributed by atoms with Crippen LogP contribution in [0.3, 0.4) is 0 Å². The van der Waals surface area contributed by atoms with Crippen molar-refractivity contribution in [3.05, 3.63) is 35.9 Å². The van der Waals surface area contributed by atoms with Crippen LogP contribution in [0.5, 0.6) is 0 Å². The van der Waals surface area contributed by atoms with Crippen molar-refractivity contribution in [1.82, 2.24) is 0 Å². The number of carboxylic acids is 1. The molecule has 0 fully saturated rings. The normalized spacial score (nSPS) is 17.7. The first-order valence-corrected chi connectivity index (χ1v) is 7.08. The standard InChI is InChI=1S/C11H16NO5P/c12-10(11(13)14)7-9(18(15,16)17)6-8-4-2-1-3-5-8/h1-5,9-10H,6-7,12H2,(H,13,14)(H2,15,16,17)/t9-,10-/m0/s1. The summed E-state index contributed by atoms with van der Waals surface area (Å²) in [5.74, 6) is -1.18. The first kappa shape index (κ1) is 14.9. The number of quaternary nitrogens is 1. The summed E-state index contributed by atoms with van der Waals surface area (Å²) in [6.07, 6.45) is -0.126. The van der Waals surface area contributed by atoms with Gasteiger partial charge in [-0.25, -0.2) is 4.79 Å². The van der Waals surface area contributed by atoms with Crippen molar-refractivity contribution < 1.29 is 30.0 Å². The van der Waals surface area contributed by atoms with Crippen LogP contribution < -0.4 is 10.6 Å². The molecule has 0 bridgehead atoms. The maximum absolute atomic E-state index is 11.3. The van der Waals surface area contributed by atoms with E-state index in [2.05, 4.69) is 5.73 Å². The fourth-order valence-electron chi connectivity index (χ4n) is 1.65. The molecule has 6 nitrogen and oxygen atoms in total. The quantitative estimate of drug-likeness (QED) is 0.587. The summed E-state index contributed by atoms with van der Waals surface area (Å²) in [4.78, 5) is 31.1. The molecule has 0 spiro atoms. The maximum atomic E-state index is 11.3. The zero-order valence-corrected chi connectivity index (χ0v) is 10.6. The van der Waals surface area contributed by atoms with E-state index in [0.29, 0.717) is 0 Å². The van der Waals surface area contributed by atoms with Crippen molar-refractivity contribution in [1.29, 1.82) is 0 Å². The van der Waals surface area contributed by atoms with Gasteiger partial charge in [0.15, 0.2) is 6.04 Å². The van der Waals surface area contributed by atoms with Crippen LogP contribution in [0.15, 0.2) is 30.3 Å². The summed E-state index contributed by atoms with van der Waals surface area (Å²) in [6, 6.07) is 7.67. The molecule has 0 aliphatic carbocycles. The Bertz CT molecular complexity index is 444. The zero-order chi connectivity index (χ0) is 13.8. The molecule has 1 unspecified atom stereocenters. The minimum absolute atomic E-state index is 0.0808. The third-order valence-electron chi connectivity index (χ3n) is 2.68. The highest BCUT2D eigenvalue weighted by Crippen LogP contribution is 2.40. The first-order chi connectivity index (χ1) is 8.30. The van der Waals surface area contributed by atoms with E-state index in [1.807, 2.05) is 0 Å². The van der Waals surface area contributed by atoms with Crippen molar-refractivity contribution >= 4 is 13.6 Å². The Hall–Kier alpha value is -1.20.